The lowest BCUT2D eigenvalue weighted by Crippen LogP contribution is -2.13. The number of rotatable bonds is 6. The molecule has 5 rings (SSSR count). The standard InChI is InChI=1S/C26H21N5O2/c1-33-22-14-12-19(13-15-22)25-23(18-31(29-25)21-10-6-3-7-11-21)26(32)27-24-16-17-30(28-24)20-8-4-2-5-9-20/h2-18H,1H3,(H,27,28,32). The first-order valence-electron chi connectivity index (χ1n) is 10.4. The largest absolute Gasteiger partial charge is 0.497 e. The van der Waals surface area contributed by atoms with Crippen molar-refractivity contribution >= 4 is 11.7 Å². The first-order valence-corrected chi connectivity index (χ1v) is 10.4. The average Bonchev–Trinajstić information content (AvgIpc) is 3.53. The van der Waals surface area contributed by atoms with E-state index in [2.05, 4.69) is 10.4 Å². The highest BCUT2D eigenvalue weighted by atomic mass is 16.5. The SMILES string of the molecule is COc1ccc(-c2nn(-c3ccccc3)cc2C(=O)Nc2ccn(-c3ccccc3)n2)cc1. The summed E-state index contributed by atoms with van der Waals surface area (Å²) < 4.78 is 8.68. The molecule has 7 heteroatoms. The van der Waals surface area contributed by atoms with Gasteiger partial charge in [0, 0.05) is 24.0 Å². The summed E-state index contributed by atoms with van der Waals surface area (Å²) in [4.78, 5) is 13.3. The van der Waals surface area contributed by atoms with Gasteiger partial charge in [-0.2, -0.15) is 10.2 Å². The van der Waals surface area contributed by atoms with Crippen molar-refractivity contribution in [3.63, 3.8) is 0 Å². The van der Waals surface area contributed by atoms with Gasteiger partial charge in [0.25, 0.3) is 5.91 Å². The van der Waals surface area contributed by atoms with Crippen molar-refractivity contribution in [2.45, 2.75) is 0 Å². The number of hydrogen-bond acceptors (Lipinski definition) is 4. The molecule has 0 aliphatic rings. The average molecular weight is 435 g/mol. The zero-order valence-electron chi connectivity index (χ0n) is 17.9. The van der Waals surface area contributed by atoms with Gasteiger partial charge in [0.15, 0.2) is 5.82 Å². The maximum absolute atomic E-state index is 13.3. The van der Waals surface area contributed by atoms with Crippen LogP contribution in [0.5, 0.6) is 5.75 Å². The number of amides is 1. The van der Waals surface area contributed by atoms with Crippen LogP contribution >= 0.6 is 0 Å². The van der Waals surface area contributed by atoms with E-state index in [0.29, 0.717) is 17.1 Å². The normalized spacial score (nSPS) is 10.7. The van der Waals surface area contributed by atoms with Crippen molar-refractivity contribution in [2.75, 3.05) is 12.4 Å². The molecule has 7 nitrogen and oxygen atoms in total. The number of carbonyl (C=O) groups excluding carboxylic acids is 1. The van der Waals surface area contributed by atoms with Crippen molar-refractivity contribution in [2.24, 2.45) is 0 Å². The van der Waals surface area contributed by atoms with Crippen LogP contribution in [0.15, 0.2) is 103 Å². The Bertz CT molecular complexity index is 1370. The van der Waals surface area contributed by atoms with E-state index in [1.807, 2.05) is 91.1 Å². The molecule has 1 amide bonds. The Morgan fingerprint density at radius 3 is 2.06 bits per heavy atom. The molecule has 0 bridgehead atoms. The predicted molar refractivity (Wildman–Crippen MR) is 127 cm³/mol. The minimum atomic E-state index is -0.290. The van der Waals surface area contributed by atoms with Gasteiger partial charge in [-0.15, -0.1) is 0 Å². The Hall–Kier alpha value is -4.65. The van der Waals surface area contributed by atoms with Gasteiger partial charge in [-0.1, -0.05) is 36.4 Å². The van der Waals surface area contributed by atoms with Crippen LogP contribution in [0, 0.1) is 0 Å². The van der Waals surface area contributed by atoms with E-state index < -0.39 is 0 Å². The van der Waals surface area contributed by atoms with Crippen LogP contribution in [0.3, 0.4) is 0 Å². The number of hydrogen-bond donors (Lipinski definition) is 1. The smallest absolute Gasteiger partial charge is 0.260 e. The first kappa shape index (κ1) is 20.3. The molecule has 0 saturated heterocycles. The molecular formula is C26H21N5O2. The minimum Gasteiger partial charge on any atom is -0.497 e. The molecule has 0 aliphatic heterocycles. The molecule has 0 atom stereocenters. The highest BCUT2D eigenvalue weighted by Gasteiger charge is 2.20. The molecule has 162 valence electrons. The van der Waals surface area contributed by atoms with Crippen LogP contribution < -0.4 is 10.1 Å². The Labute approximate surface area is 190 Å². The van der Waals surface area contributed by atoms with Crippen molar-refractivity contribution < 1.29 is 9.53 Å². The fourth-order valence-corrected chi connectivity index (χ4v) is 3.51. The molecular weight excluding hydrogens is 414 g/mol. The van der Waals surface area contributed by atoms with Crippen LogP contribution in [0.2, 0.25) is 0 Å². The lowest BCUT2D eigenvalue weighted by atomic mass is 10.1. The van der Waals surface area contributed by atoms with Gasteiger partial charge < -0.3 is 10.1 Å². The number of methoxy groups -OCH3 is 1. The molecule has 0 unspecified atom stereocenters. The number of carbonyl (C=O) groups is 1. The van der Waals surface area contributed by atoms with E-state index in [1.165, 1.54) is 0 Å². The molecule has 0 radical (unpaired) electrons. The van der Waals surface area contributed by atoms with Crippen molar-refractivity contribution in [3.8, 4) is 28.4 Å². The topological polar surface area (TPSA) is 74.0 Å². The second-order valence-electron chi connectivity index (χ2n) is 7.34. The summed E-state index contributed by atoms with van der Waals surface area (Å²) >= 11 is 0. The van der Waals surface area contributed by atoms with Crippen LogP contribution in [0.4, 0.5) is 5.82 Å². The van der Waals surface area contributed by atoms with Crippen molar-refractivity contribution in [1.29, 1.82) is 0 Å². The van der Waals surface area contributed by atoms with Crippen LogP contribution in [-0.4, -0.2) is 32.6 Å². The first-order chi connectivity index (χ1) is 16.2. The predicted octanol–water partition coefficient (Wildman–Crippen LogP) is 4.99. The second kappa shape index (κ2) is 8.84. The third kappa shape index (κ3) is 4.24. The number of aromatic nitrogens is 4. The highest BCUT2D eigenvalue weighted by Crippen LogP contribution is 2.26. The van der Waals surface area contributed by atoms with Crippen LogP contribution in [-0.2, 0) is 0 Å². The Balaban J connectivity index is 1.48. The highest BCUT2D eigenvalue weighted by molar-refractivity contribution is 6.07. The maximum Gasteiger partial charge on any atom is 0.260 e. The quantitative estimate of drug-likeness (QED) is 0.408. The van der Waals surface area contributed by atoms with E-state index in [9.17, 15) is 4.79 Å². The summed E-state index contributed by atoms with van der Waals surface area (Å²) in [5, 5.41) is 12.1. The number of para-hydroxylation sites is 2. The number of nitrogens with one attached hydrogen (secondary N) is 1. The van der Waals surface area contributed by atoms with Gasteiger partial charge in [0.2, 0.25) is 0 Å². The fraction of sp³-hybridized carbons (Fsp3) is 0.0385. The third-order valence-electron chi connectivity index (χ3n) is 5.19. The number of benzene rings is 3. The van der Waals surface area contributed by atoms with E-state index in [4.69, 9.17) is 9.84 Å². The molecule has 0 aliphatic carbocycles. The van der Waals surface area contributed by atoms with Crippen LogP contribution in [0.25, 0.3) is 22.6 Å². The van der Waals surface area contributed by atoms with Gasteiger partial charge in [-0.3, -0.25) is 4.79 Å². The summed E-state index contributed by atoms with van der Waals surface area (Å²) in [5.74, 6) is 0.900. The van der Waals surface area contributed by atoms with Gasteiger partial charge in [-0.25, -0.2) is 9.36 Å². The van der Waals surface area contributed by atoms with E-state index in [-0.39, 0.29) is 5.91 Å². The molecule has 2 aromatic heterocycles. The van der Waals surface area contributed by atoms with Gasteiger partial charge in [0.05, 0.1) is 24.0 Å². The Kier molecular flexibility index (Phi) is 5.43. The van der Waals surface area contributed by atoms with Gasteiger partial charge in [0.1, 0.15) is 11.4 Å². The molecule has 33 heavy (non-hydrogen) atoms. The summed E-state index contributed by atoms with van der Waals surface area (Å²) in [6.07, 6.45) is 3.54. The fourth-order valence-electron chi connectivity index (χ4n) is 3.51. The third-order valence-corrected chi connectivity index (χ3v) is 5.19. The van der Waals surface area contributed by atoms with Crippen molar-refractivity contribution in [3.05, 3.63) is 109 Å². The zero-order valence-corrected chi connectivity index (χ0v) is 17.9. The zero-order chi connectivity index (χ0) is 22.6. The second-order valence-corrected chi connectivity index (χ2v) is 7.34. The molecule has 0 saturated carbocycles. The van der Waals surface area contributed by atoms with E-state index in [0.717, 1.165) is 22.7 Å². The summed E-state index contributed by atoms with van der Waals surface area (Å²) in [5.41, 5.74) is 3.60. The minimum absolute atomic E-state index is 0.290. The van der Waals surface area contributed by atoms with E-state index in [1.54, 1.807) is 28.7 Å². The molecule has 0 spiro atoms. The lowest BCUT2D eigenvalue weighted by Gasteiger charge is -2.05. The Morgan fingerprint density at radius 2 is 1.42 bits per heavy atom. The lowest BCUT2D eigenvalue weighted by molar-refractivity contribution is 0.102. The molecule has 1 N–H and O–H groups in total. The number of ether oxygens (including phenoxy) is 1. The monoisotopic (exact) mass is 435 g/mol. The molecule has 3 aromatic carbocycles. The summed E-state index contributed by atoms with van der Waals surface area (Å²) in [7, 11) is 1.62. The number of anilines is 1. The molecule has 2 heterocycles. The van der Waals surface area contributed by atoms with Crippen molar-refractivity contribution in [1.82, 2.24) is 19.6 Å². The summed E-state index contributed by atoms with van der Waals surface area (Å²) in [6.45, 7) is 0. The molecule has 0 fully saturated rings. The van der Waals surface area contributed by atoms with Gasteiger partial charge >= 0.3 is 0 Å². The van der Waals surface area contributed by atoms with Gasteiger partial charge in [-0.05, 0) is 48.5 Å². The van der Waals surface area contributed by atoms with E-state index >= 15 is 0 Å². The van der Waals surface area contributed by atoms with Crippen LogP contribution in [0.1, 0.15) is 10.4 Å². The maximum atomic E-state index is 13.3. The number of nitrogens with zero attached hydrogens (tertiary/aromatic N) is 4. The summed E-state index contributed by atoms with van der Waals surface area (Å²) in [6, 6.07) is 28.6. The molecule has 5 aromatic rings. The Morgan fingerprint density at radius 1 is 0.788 bits per heavy atom.